The molecule has 0 bridgehead atoms. The second kappa shape index (κ2) is 8.13. The van der Waals surface area contributed by atoms with E-state index < -0.39 is 5.91 Å². The minimum atomic E-state index is -0.415. The van der Waals surface area contributed by atoms with E-state index in [-0.39, 0.29) is 0 Å². The first-order chi connectivity index (χ1) is 9.17. The van der Waals surface area contributed by atoms with Crippen LogP contribution in [0.4, 0.5) is 0 Å². The van der Waals surface area contributed by atoms with Crippen molar-refractivity contribution in [1.82, 2.24) is 10.6 Å². The van der Waals surface area contributed by atoms with Crippen LogP contribution in [0.2, 0.25) is 0 Å². The zero-order valence-corrected chi connectivity index (χ0v) is 11.6. The molecule has 1 aromatic rings. The first-order valence-corrected chi connectivity index (χ1v) is 6.58. The molecule has 0 aliphatic heterocycles. The Morgan fingerprint density at radius 3 is 2.74 bits per heavy atom. The molecular formula is C14H22N4O. The monoisotopic (exact) mass is 262 g/mol. The number of guanidine groups is 1. The molecule has 0 spiro atoms. The third kappa shape index (κ3) is 5.42. The van der Waals surface area contributed by atoms with Crippen molar-refractivity contribution in [3.8, 4) is 0 Å². The molecule has 19 heavy (non-hydrogen) atoms. The van der Waals surface area contributed by atoms with Gasteiger partial charge in [0.1, 0.15) is 0 Å². The van der Waals surface area contributed by atoms with Crippen molar-refractivity contribution in [2.75, 3.05) is 13.1 Å². The summed E-state index contributed by atoms with van der Waals surface area (Å²) in [4.78, 5) is 15.6. The number of nitrogens with zero attached hydrogens (tertiary/aromatic N) is 1. The average Bonchev–Trinajstić information content (AvgIpc) is 2.42. The van der Waals surface area contributed by atoms with E-state index >= 15 is 0 Å². The Balaban J connectivity index is 2.70. The normalized spacial score (nSPS) is 11.2. The Bertz CT molecular complexity index is 443. The van der Waals surface area contributed by atoms with Gasteiger partial charge in [-0.2, -0.15) is 0 Å². The van der Waals surface area contributed by atoms with Crippen molar-refractivity contribution >= 4 is 11.9 Å². The highest BCUT2D eigenvalue weighted by Gasteiger charge is 2.01. The highest BCUT2D eigenvalue weighted by Crippen LogP contribution is 2.05. The van der Waals surface area contributed by atoms with Crippen LogP contribution < -0.4 is 16.4 Å². The van der Waals surface area contributed by atoms with E-state index in [2.05, 4.69) is 22.5 Å². The Morgan fingerprint density at radius 2 is 2.11 bits per heavy atom. The Kier molecular flexibility index (Phi) is 6.43. The summed E-state index contributed by atoms with van der Waals surface area (Å²) < 4.78 is 0. The Morgan fingerprint density at radius 1 is 1.32 bits per heavy atom. The van der Waals surface area contributed by atoms with Crippen LogP contribution in [0.5, 0.6) is 0 Å². The lowest BCUT2D eigenvalue weighted by Gasteiger charge is -2.10. The van der Waals surface area contributed by atoms with Gasteiger partial charge in [0.25, 0.3) is 0 Å². The molecule has 1 aromatic carbocycles. The number of primary amides is 1. The zero-order valence-electron chi connectivity index (χ0n) is 11.6. The predicted molar refractivity (Wildman–Crippen MR) is 78.1 cm³/mol. The number of carbonyl (C=O) groups is 1. The minimum Gasteiger partial charge on any atom is -0.366 e. The summed E-state index contributed by atoms with van der Waals surface area (Å²) in [6.45, 7) is 6.34. The number of amides is 1. The van der Waals surface area contributed by atoms with E-state index in [0.717, 1.165) is 31.0 Å². The van der Waals surface area contributed by atoms with E-state index in [1.54, 1.807) is 12.1 Å². The minimum absolute atomic E-state index is 0.415. The number of carbonyl (C=O) groups excluding carboxylic acids is 1. The van der Waals surface area contributed by atoms with Crippen molar-refractivity contribution in [3.05, 3.63) is 35.4 Å². The van der Waals surface area contributed by atoms with Crippen LogP contribution in [0.15, 0.2) is 29.3 Å². The maximum Gasteiger partial charge on any atom is 0.248 e. The molecule has 1 amide bonds. The van der Waals surface area contributed by atoms with Crippen LogP contribution in [-0.4, -0.2) is 25.0 Å². The van der Waals surface area contributed by atoms with Gasteiger partial charge in [0.15, 0.2) is 5.96 Å². The quantitative estimate of drug-likeness (QED) is 0.533. The van der Waals surface area contributed by atoms with Gasteiger partial charge in [0.2, 0.25) is 5.91 Å². The molecule has 0 aliphatic rings. The summed E-state index contributed by atoms with van der Waals surface area (Å²) in [6.07, 6.45) is 1.04. The molecule has 0 atom stereocenters. The molecule has 104 valence electrons. The number of benzene rings is 1. The van der Waals surface area contributed by atoms with Gasteiger partial charge in [-0.05, 0) is 31.0 Å². The number of hydrogen-bond donors (Lipinski definition) is 3. The molecule has 0 aliphatic carbocycles. The standard InChI is InChI=1S/C14H22N4O/c1-3-8-17-14(16-4-2)18-10-11-6-5-7-12(9-11)13(15)19/h5-7,9H,3-4,8,10H2,1-2H3,(H2,15,19)(H2,16,17,18). The number of nitrogens with one attached hydrogen (secondary N) is 2. The van der Waals surface area contributed by atoms with Gasteiger partial charge in [-0.25, -0.2) is 4.99 Å². The second-order valence-corrected chi connectivity index (χ2v) is 4.19. The first-order valence-electron chi connectivity index (χ1n) is 6.58. The van der Waals surface area contributed by atoms with Crippen molar-refractivity contribution < 1.29 is 4.79 Å². The summed E-state index contributed by atoms with van der Waals surface area (Å²) in [5.74, 6) is 0.371. The molecule has 0 saturated carbocycles. The van der Waals surface area contributed by atoms with Gasteiger partial charge in [-0.1, -0.05) is 19.1 Å². The summed E-state index contributed by atoms with van der Waals surface area (Å²) >= 11 is 0. The fraction of sp³-hybridized carbons (Fsp3) is 0.429. The lowest BCUT2D eigenvalue weighted by Crippen LogP contribution is -2.37. The van der Waals surface area contributed by atoms with Crippen molar-refractivity contribution in [3.63, 3.8) is 0 Å². The number of nitrogens with two attached hydrogens (primary N) is 1. The van der Waals surface area contributed by atoms with Crippen LogP contribution in [0.25, 0.3) is 0 Å². The molecule has 5 heteroatoms. The van der Waals surface area contributed by atoms with Gasteiger partial charge >= 0.3 is 0 Å². The number of aliphatic imine (C=N–C) groups is 1. The van der Waals surface area contributed by atoms with Gasteiger partial charge in [0, 0.05) is 18.7 Å². The third-order valence-electron chi connectivity index (χ3n) is 2.52. The molecule has 4 N–H and O–H groups in total. The van der Waals surface area contributed by atoms with E-state index in [9.17, 15) is 4.79 Å². The fourth-order valence-corrected chi connectivity index (χ4v) is 1.58. The van der Waals surface area contributed by atoms with E-state index in [1.165, 1.54) is 0 Å². The summed E-state index contributed by atoms with van der Waals surface area (Å²) in [7, 11) is 0. The molecule has 0 unspecified atom stereocenters. The SMILES string of the molecule is CCCNC(=NCc1cccc(C(N)=O)c1)NCC. The topological polar surface area (TPSA) is 79.5 Å². The summed E-state index contributed by atoms with van der Waals surface area (Å²) in [6, 6.07) is 7.22. The van der Waals surface area contributed by atoms with Crippen LogP contribution in [0.3, 0.4) is 0 Å². The van der Waals surface area contributed by atoms with Crippen LogP contribution >= 0.6 is 0 Å². The first kappa shape index (κ1) is 15.0. The fourth-order valence-electron chi connectivity index (χ4n) is 1.58. The molecule has 5 nitrogen and oxygen atoms in total. The highest BCUT2D eigenvalue weighted by molar-refractivity contribution is 5.92. The largest absolute Gasteiger partial charge is 0.366 e. The van der Waals surface area contributed by atoms with Gasteiger partial charge in [0.05, 0.1) is 6.54 Å². The maximum absolute atomic E-state index is 11.1. The summed E-state index contributed by atoms with van der Waals surface area (Å²) in [5, 5.41) is 6.40. The maximum atomic E-state index is 11.1. The molecule has 1 rings (SSSR count). The lowest BCUT2D eigenvalue weighted by atomic mass is 10.1. The van der Waals surface area contributed by atoms with Crippen LogP contribution in [-0.2, 0) is 6.54 Å². The van der Waals surface area contributed by atoms with Gasteiger partial charge in [-0.3, -0.25) is 4.79 Å². The Hall–Kier alpha value is -2.04. The molecule has 0 heterocycles. The molecule has 0 radical (unpaired) electrons. The van der Waals surface area contributed by atoms with E-state index in [0.29, 0.717) is 12.1 Å². The van der Waals surface area contributed by atoms with Crippen LogP contribution in [0.1, 0.15) is 36.2 Å². The average molecular weight is 262 g/mol. The predicted octanol–water partition coefficient (Wildman–Crippen LogP) is 1.25. The van der Waals surface area contributed by atoms with Crippen molar-refractivity contribution in [1.29, 1.82) is 0 Å². The zero-order chi connectivity index (χ0) is 14.1. The van der Waals surface area contributed by atoms with E-state index in [1.807, 2.05) is 19.1 Å². The van der Waals surface area contributed by atoms with Gasteiger partial charge < -0.3 is 16.4 Å². The van der Waals surface area contributed by atoms with Crippen molar-refractivity contribution in [2.24, 2.45) is 10.7 Å². The molecule has 0 aromatic heterocycles. The molecule has 0 fully saturated rings. The number of hydrogen-bond acceptors (Lipinski definition) is 2. The van der Waals surface area contributed by atoms with Crippen LogP contribution in [0, 0.1) is 0 Å². The number of rotatable bonds is 6. The third-order valence-corrected chi connectivity index (χ3v) is 2.52. The van der Waals surface area contributed by atoms with Crippen molar-refractivity contribution in [2.45, 2.75) is 26.8 Å². The molecular weight excluding hydrogens is 240 g/mol. The van der Waals surface area contributed by atoms with Gasteiger partial charge in [-0.15, -0.1) is 0 Å². The smallest absolute Gasteiger partial charge is 0.248 e. The lowest BCUT2D eigenvalue weighted by molar-refractivity contribution is 0.1000. The summed E-state index contributed by atoms with van der Waals surface area (Å²) in [5.41, 5.74) is 6.73. The highest BCUT2D eigenvalue weighted by atomic mass is 16.1. The Labute approximate surface area is 114 Å². The second-order valence-electron chi connectivity index (χ2n) is 4.19. The van der Waals surface area contributed by atoms with E-state index in [4.69, 9.17) is 5.73 Å². The molecule has 0 saturated heterocycles.